The summed E-state index contributed by atoms with van der Waals surface area (Å²) in [4.78, 5) is 5.71. The zero-order valence-electron chi connectivity index (χ0n) is 14.6. The van der Waals surface area contributed by atoms with Gasteiger partial charge in [0.2, 0.25) is 0 Å². The van der Waals surface area contributed by atoms with E-state index in [9.17, 15) is 20.9 Å². The first-order chi connectivity index (χ1) is 13.0. The van der Waals surface area contributed by atoms with Crippen LogP contribution in [0.1, 0.15) is 28.2 Å². The van der Waals surface area contributed by atoms with Crippen LogP contribution in [0.5, 0.6) is 0 Å². The van der Waals surface area contributed by atoms with E-state index in [1.165, 1.54) is 0 Å². The SMILES string of the molecule is CN(CCO)c1nc(N)c(C#N)c([C@H](C#N)Cc2cccc(Cl)c2)c1C#N. The molecule has 1 aromatic heterocycles. The Bertz CT molecular complexity index is 970. The molecule has 8 heteroatoms. The first kappa shape index (κ1) is 20.0. The van der Waals surface area contributed by atoms with Gasteiger partial charge in [0.25, 0.3) is 0 Å². The summed E-state index contributed by atoms with van der Waals surface area (Å²) in [5, 5.41) is 38.7. The van der Waals surface area contributed by atoms with E-state index < -0.39 is 5.92 Å². The first-order valence-electron chi connectivity index (χ1n) is 8.06. The van der Waals surface area contributed by atoms with Gasteiger partial charge in [-0.2, -0.15) is 15.8 Å². The topological polar surface area (TPSA) is 134 Å². The number of likely N-dealkylation sites (N-methyl/N-ethyl adjacent to an activating group) is 1. The fourth-order valence-electron chi connectivity index (χ4n) is 2.83. The molecule has 3 N–H and O–H groups in total. The lowest BCUT2D eigenvalue weighted by Gasteiger charge is -2.22. The predicted octanol–water partition coefficient (Wildman–Crippen LogP) is 2.34. The fourth-order valence-corrected chi connectivity index (χ4v) is 3.04. The van der Waals surface area contributed by atoms with E-state index in [0.717, 1.165) is 5.56 Å². The number of hydrogen-bond donors (Lipinski definition) is 2. The normalized spacial score (nSPS) is 11.1. The van der Waals surface area contributed by atoms with Crippen molar-refractivity contribution in [3.05, 3.63) is 51.5 Å². The Morgan fingerprint density at radius 3 is 2.52 bits per heavy atom. The Morgan fingerprint density at radius 1 is 1.26 bits per heavy atom. The minimum absolute atomic E-state index is 0.0151. The number of aromatic nitrogens is 1. The lowest BCUT2D eigenvalue weighted by Crippen LogP contribution is -2.25. The predicted molar refractivity (Wildman–Crippen MR) is 102 cm³/mol. The van der Waals surface area contributed by atoms with E-state index >= 15 is 0 Å². The van der Waals surface area contributed by atoms with Gasteiger partial charge in [0, 0.05) is 24.2 Å². The maximum Gasteiger partial charge on any atom is 0.149 e. The second-order valence-corrected chi connectivity index (χ2v) is 6.31. The summed E-state index contributed by atoms with van der Waals surface area (Å²) in [5.74, 6) is -0.624. The fraction of sp³-hybridized carbons (Fsp3) is 0.263. The summed E-state index contributed by atoms with van der Waals surface area (Å²) in [5.41, 5.74) is 7.09. The zero-order chi connectivity index (χ0) is 20.0. The third kappa shape index (κ3) is 4.27. The summed E-state index contributed by atoms with van der Waals surface area (Å²) in [6.45, 7) is 0.0699. The van der Waals surface area contributed by atoms with Gasteiger partial charge in [-0.25, -0.2) is 4.98 Å². The number of aliphatic hydroxyl groups is 1. The molecule has 1 atom stereocenters. The molecular formula is C19H17ClN6O. The van der Waals surface area contributed by atoms with Gasteiger partial charge < -0.3 is 15.7 Å². The molecule has 0 aliphatic carbocycles. The average molecular weight is 381 g/mol. The smallest absolute Gasteiger partial charge is 0.149 e. The van der Waals surface area contributed by atoms with Crippen LogP contribution in [0.15, 0.2) is 24.3 Å². The molecule has 7 nitrogen and oxygen atoms in total. The number of benzene rings is 1. The molecule has 0 unspecified atom stereocenters. The van der Waals surface area contributed by atoms with Crippen LogP contribution in [0.25, 0.3) is 0 Å². The highest BCUT2D eigenvalue weighted by Gasteiger charge is 2.27. The van der Waals surface area contributed by atoms with E-state index in [2.05, 4.69) is 11.1 Å². The number of nitriles is 3. The van der Waals surface area contributed by atoms with Crippen LogP contribution >= 0.6 is 11.6 Å². The minimum Gasteiger partial charge on any atom is -0.395 e. The van der Waals surface area contributed by atoms with Crippen LogP contribution < -0.4 is 10.6 Å². The van der Waals surface area contributed by atoms with Gasteiger partial charge in [0.05, 0.1) is 18.6 Å². The number of aliphatic hydroxyl groups excluding tert-OH is 1. The lowest BCUT2D eigenvalue weighted by molar-refractivity contribution is 0.304. The van der Waals surface area contributed by atoms with Crippen molar-refractivity contribution in [2.24, 2.45) is 0 Å². The van der Waals surface area contributed by atoms with Crippen LogP contribution in [0.3, 0.4) is 0 Å². The molecule has 0 aliphatic heterocycles. The molecule has 136 valence electrons. The summed E-state index contributed by atoms with van der Waals surface area (Å²) in [7, 11) is 1.65. The minimum atomic E-state index is -0.792. The maximum absolute atomic E-state index is 9.76. The van der Waals surface area contributed by atoms with E-state index in [-0.39, 0.29) is 47.9 Å². The molecular weight excluding hydrogens is 364 g/mol. The second kappa shape index (κ2) is 8.87. The van der Waals surface area contributed by atoms with Crippen LogP contribution in [0.2, 0.25) is 5.02 Å². The van der Waals surface area contributed by atoms with Crippen molar-refractivity contribution in [1.29, 1.82) is 15.8 Å². The van der Waals surface area contributed by atoms with Gasteiger partial charge in [0.1, 0.15) is 34.9 Å². The summed E-state index contributed by atoms with van der Waals surface area (Å²) in [6, 6.07) is 13.2. The standard InChI is InChI=1S/C19H17ClN6O/c1-26(5-6-27)19-16(11-23)17(15(10-22)18(24)25-19)13(9-21)7-12-3-2-4-14(20)8-12/h2-4,8,13,27H,5-7H2,1H3,(H2,24,25)/t13-/m0/s1. The Kier molecular flexibility index (Phi) is 6.57. The third-order valence-electron chi connectivity index (χ3n) is 4.10. The highest BCUT2D eigenvalue weighted by Crippen LogP contribution is 2.34. The number of pyridine rings is 1. The Balaban J connectivity index is 2.66. The average Bonchev–Trinajstić information content (AvgIpc) is 2.65. The van der Waals surface area contributed by atoms with Crippen molar-refractivity contribution in [3.8, 4) is 18.2 Å². The van der Waals surface area contributed by atoms with Gasteiger partial charge in [0.15, 0.2) is 0 Å². The number of nitrogens with two attached hydrogens (primary N) is 1. The van der Waals surface area contributed by atoms with E-state index in [0.29, 0.717) is 5.02 Å². The molecule has 0 radical (unpaired) electrons. The summed E-state index contributed by atoms with van der Waals surface area (Å²) < 4.78 is 0. The van der Waals surface area contributed by atoms with Crippen molar-refractivity contribution < 1.29 is 5.11 Å². The van der Waals surface area contributed by atoms with Crippen molar-refractivity contribution in [3.63, 3.8) is 0 Å². The van der Waals surface area contributed by atoms with Crippen LogP contribution in [-0.4, -0.2) is 30.3 Å². The zero-order valence-corrected chi connectivity index (χ0v) is 15.4. The van der Waals surface area contributed by atoms with Crippen molar-refractivity contribution >= 4 is 23.2 Å². The van der Waals surface area contributed by atoms with Crippen LogP contribution in [-0.2, 0) is 6.42 Å². The summed E-state index contributed by atoms with van der Waals surface area (Å²) >= 11 is 6.01. The number of nitrogens with zero attached hydrogens (tertiary/aromatic N) is 5. The number of hydrogen-bond acceptors (Lipinski definition) is 7. The number of nitrogen functional groups attached to an aromatic ring is 1. The molecule has 0 amide bonds. The molecule has 0 fully saturated rings. The maximum atomic E-state index is 9.76. The molecule has 1 heterocycles. The molecule has 27 heavy (non-hydrogen) atoms. The molecule has 2 aromatic rings. The van der Waals surface area contributed by atoms with Crippen LogP contribution in [0, 0.1) is 34.0 Å². The van der Waals surface area contributed by atoms with Crippen LogP contribution in [0.4, 0.5) is 11.6 Å². The second-order valence-electron chi connectivity index (χ2n) is 5.87. The highest BCUT2D eigenvalue weighted by molar-refractivity contribution is 6.30. The lowest BCUT2D eigenvalue weighted by atomic mass is 9.87. The van der Waals surface area contributed by atoms with E-state index in [1.54, 1.807) is 30.1 Å². The number of anilines is 2. The van der Waals surface area contributed by atoms with Gasteiger partial charge in [-0.3, -0.25) is 0 Å². The monoisotopic (exact) mass is 380 g/mol. The Morgan fingerprint density at radius 2 is 1.96 bits per heavy atom. The van der Waals surface area contributed by atoms with E-state index in [4.69, 9.17) is 17.3 Å². The van der Waals surface area contributed by atoms with Crippen molar-refractivity contribution in [2.75, 3.05) is 30.8 Å². The third-order valence-corrected chi connectivity index (χ3v) is 4.33. The molecule has 0 bridgehead atoms. The number of halogens is 1. The van der Waals surface area contributed by atoms with Gasteiger partial charge >= 0.3 is 0 Å². The molecule has 0 aliphatic rings. The van der Waals surface area contributed by atoms with Crippen molar-refractivity contribution in [1.82, 2.24) is 4.98 Å². The molecule has 2 rings (SSSR count). The number of rotatable bonds is 6. The molecule has 0 saturated heterocycles. The molecule has 0 saturated carbocycles. The highest BCUT2D eigenvalue weighted by atomic mass is 35.5. The Hall–Kier alpha value is -3.31. The summed E-state index contributed by atoms with van der Waals surface area (Å²) in [6.07, 6.45) is 0.257. The first-order valence-corrected chi connectivity index (χ1v) is 8.44. The van der Waals surface area contributed by atoms with Gasteiger partial charge in [-0.1, -0.05) is 23.7 Å². The van der Waals surface area contributed by atoms with Crippen molar-refractivity contribution in [2.45, 2.75) is 12.3 Å². The van der Waals surface area contributed by atoms with Gasteiger partial charge in [-0.05, 0) is 24.1 Å². The Labute approximate surface area is 162 Å². The quantitative estimate of drug-likeness (QED) is 0.785. The molecule has 0 spiro atoms. The largest absolute Gasteiger partial charge is 0.395 e. The van der Waals surface area contributed by atoms with E-state index in [1.807, 2.05) is 18.2 Å². The van der Waals surface area contributed by atoms with Gasteiger partial charge in [-0.15, -0.1) is 0 Å². The molecule has 1 aromatic carbocycles.